The number of rotatable bonds is 3. The third-order valence-electron chi connectivity index (χ3n) is 2.18. The van der Waals surface area contributed by atoms with E-state index in [9.17, 15) is 4.39 Å². The first-order valence-corrected chi connectivity index (χ1v) is 4.74. The van der Waals surface area contributed by atoms with Crippen LogP contribution in [0.15, 0.2) is 24.4 Å². The lowest BCUT2D eigenvalue weighted by atomic mass is 10.2. The first-order valence-electron chi connectivity index (χ1n) is 4.74. The predicted molar refractivity (Wildman–Crippen MR) is 56.5 cm³/mol. The molecule has 1 heterocycles. The van der Waals surface area contributed by atoms with Crippen LogP contribution in [-0.2, 0) is 6.54 Å². The summed E-state index contributed by atoms with van der Waals surface area (Å²) in [5.74, 6) is -0.140. The van der Waals surface area contributed by atoms with Crippen LogP contribution >= 0.6 is 0 Å². The Bertz CT molecular complexity index is 496. The Hall–Kier alpha value is -1.91. The number of hydrogen-bond acceptors (Lipinski definition) is 3. The lowest BCUT2D eigenvalue weighted by molar-refractivity contribution is 0.383. The molecule has 0 N–H and O–H groups in total. The Morgan fingerprint density at radius 1 is 1.50 bits per heavy atom. The molecule has 16 heavy (non-hydrogen) atoms. The van der Waals surface area contributed by atoms with Crippen molar-refractivity contribution in [3.8, 4) is 5.75 Å². The first-order chi connectivity index (χ1) is 7.70. The molecule has 0 atom stereocenters. The molecule has 0 saturated carbocycles. The third kappa shape index (κ3) is 2.03. The molecule has 1 aromatic heterocycles. The van der Waals surface area contributed by atoms with E-state index >= 15 is 0 Å². The minimum Gasteiger partial charge on any atom is -0.494 e. The van der Waals surface area contributed by atoms with Gasteiger partial charge in [0.15, 0.2) is 11.6 Å². The number of ether oxygens (including phenoxy) is 1. The smallest absolute Gasteiger partial charge is 0.170 e. The summed E-state index contributed by atoms with van der Waals surface area (Å²) >= 11 is 0. The molecule has 5 heteroatoms. The summed E-state index contributed by atoms with van der Waals surface area (Å²) in [7, 11) is 1.44. The number of aromatic nitrogens is 3. The van der Waals surface area contributed by atoms with Crippen LogP contribution < -0.4 is 4.74 Å². The number of benzene rings is 1. The molecular formula is C11H11FN3O. The first kappa shape index (κ1) is 10.6. The van der Waals surface area contributed by atoms with Crippen molar-refractivity contribution in [1.82, 2.24) is 15.0 Å². The van der Waals surface area contributed by atoms with E-state index in [0.29, 0.717) is 17.8 Å². The summed E-state index contributed by atoms with van der Waals surface area (Å²) in [6.45, 7) is 3.94. The fraction of sp³-hybridized carbons (Fsp3) is 0.182. The van der Waals surface area contributed by atoms with Crippen LogP contribution in [-0.4, -0.2) is 22.1 Å². The van der Waals surface area contributed by atoms with Gasteiger partial charge in [0, 0.05) is 11.8 Å². The van der Waals surface area contributed by atoms with Crippen LogP contribution in [0.1, 0.15) is 11.3 Å². The second kappa shape index (κ2) is 4.30. The maximum absolute atomic E-state index is 13.8. The van der Waals surface area contributed by atoms with E-state index in [1.54, 1.807) is 24.4 Å². The van der Waals surface area contributed by atoms with Gasteiger partial charge in [0.05, 0.1) is 19.3 Å². The molecule has 0 saturated heterocycles. The Balaban J connectivity index is 2.28. The van der Waals surface area contributed by atoms with Crippen molar-refractivity contribution in [1.29, 1.82) is 0 Å². The van der Waals surface area contributed by atoms with E-state index in [2.05, 4.69) is 17.2 Å². The van der Waals surface area contributed by atoms with Gasteiger partial charge >= 0.3 is 0 Å². The maximum atomic E-state index is 13.8. The Kier molecular flexibility index (Phi) is 2.85. The largest absolute Gasteiger partial charge is 0.494 e. The SMILES string of the molecule is [CH2]c1cn(Cc2cccc(OC)c2F)nn1. The van der Waals surface area contributed by atoms with Gasteiger partial charge in [-0.15, -0.1) is 5.10 Å². The second-order valence-electron chi connectivity index (χ2n) is 3.34. The van der Waals surface area contributed by atoms with Gasteiger partial charge in [0.25, 0.3) is 0 Å². The normalized spacial score (nSPS) is 10.4. The van der Waals surface area contributed by atoms with Crippen LogP contribution in [0.3, 0.4) is 0 Å². The number of halogens is 1. The van der Waals surface area contributed by atoms with Crippen molar-refractivity contribution in [2.75, 3.05) is 7.11 Å². The standard InChI is InChI=1S/C11H11FN3O/c1-8-6-15(14-13-8)7-9-4-3-5-10(16-2)11(9)12/h3-6H,1,7H2,2H3. The van der Waals surface area contributed by atoms with Gasteiger partial charge in [-0.3, -0.25) is 0 Å². The lowest BCUT2D eigenvalue weighted by Gasteiger charge is -2.06. The lowest BCUT2D eigenvalue weighted by Crippen LogP contribution is -2.03. The van der Waals surface area contributed by atoms with Crippen molar-refractivity contribution in [3.05, 3.63) is 48.4 Å². The minimum atomic E-state index is -0.369. The molecule has 2 aromatic rings. The summed E-state index contributed by atoms with van der Waals surface area (Å²) in [5, 5.41) is 7.54. The Morgan fingerprint density at radius 3 is 2.94 bits per heavy atom. The molecule has 1 radical (unpaired) electrons. The van der Waals surface area contributed by atoms with Crippen LogP contribution in [0, 0.1) is 12.7 Å². The minimum absolute atomic E-state index is 0.229. The predicted octanol–water partition coefficient (Wildman–Crippen LogP) is 1.66. The van der Waals surface area contributed by atoms with Crippen LogP contribution in [0.5, 0.6) is 5.75 Å². The third-order valence-corrected chi connectivity index (χ3v) is 2.18. The Morgan fingerprint density at radius 2 is 2.31 bits per heavy atom. The molecule has 1 aromatic carbocycles. The fourth-order valence-corrected chi connectivity index (χ4v) is 1.43. The van der Waals surface area contributed by atoms with E-state index in [1.807, 2.05) is 0 Å². The van der Waals surface area contributed by atoms with Crippen molar-refractivity contribution < 1.29 is 9.13 Å². The van der Waals surface area contributed by atoms with Crippen LogP contribution in [0.2, 0.25) is 0 Å². The van der Waals surface area contributed by atoms with Crippen molar-refractivity contribution in [3.63, 3.8) is 0 Å². The molecule has 0 spiro atoms. The highest BCUT2D eigenvalue weighted by atomic mass is 19.1. The van der Waals surface area contributed by atoms with Gasteiger partial charge in [-0.2, -0.15) is 0 Å². The molecule has 0 aliphatic heterocycles. The maximum Gasteiger partial charge on any atom is 0.170 e. The zero-order valence-electron chi connectivity index (χ0n) is 8.85. The summed E-state index contributed by atoms with van der Waals surface area (Å²) in [6.07, 6.45) is 1.65. The quantitative estimate of drug-likeness (QED) is 0.789. The van der Waals surface area contributed by atoms with E-state index in [0.717, 1.165) is 0 Å². The van der Waals surface area contributed by atoms with Gasteiger partial charge in [0.2, 0.25) is 0 Å². The fourth-order valence-electron chi connectivity index (χ4n) is 1.43. The van der Waals surface area contributed by atoms with Crippen molar-refractivity contribution in [2.24, 2.45) is 0 Å². The second-order valence-corrected chi connectivity index (χ2v) is 3.34. The monoisotopic (exact) mass is 220 g/mol. The molecular weight excluding hydrogens is 209 g/mol. The van der Waals surface area contributed by atoms with Gasteiger partial charge in [-0.25, -0.2) is 9.07 Å². The number of nitrogens with zero attached hydrogens (tertiary/aromatic N) is 3. The van der Waals surface area contributed by atoms with E-state index < -0.39 is 0 Å². The highest BCUT2D eigenvalue weighted by molar-refractivity contribution is 5.31. The summed E-state index contributed by atoms with van der Waals surface area (Å²) < 4.78 is 20.2. The van der Waals surface area contributed by atoms with Crippen molar-refractivity contribution >= 4 is 0 Å². The molecule has 0 aliphatic carbocycles. The topological polar surface area (TPSA) is 39.9 Å². The van der Waals surface area contributed by atoms with E-state index in [-0.39, 0.29) is 11.6 Å². The average molecular weight is 220 g/mol. The molecule has 0 fully saturated rings. The summed E-state index contributed by atoms with van der Waals surface area (Å²) in [4.78, 5) is 0. The molecule has 2 rings (SSSR count). The van der Waals surface area contributed by atoms with Gasteiger partial charge < -0.3 is 4.74 Å². The molecule has 0 aliphatic rings. The van der Waals surface area contributed by atoms with Crippen LogP contribution in [0.4, 0.5) is 4.39 Å². The molecule has 0 bridgehead atoms. The zero-order valence-corrected chi connectivity index (χ0v) is 8.85. The number of hydrogen-bond donors (Lipinski definition) is 0. The van der Waals surface area contributed by atoms with Crippen molar-refractivity contribution in [2.45, 2.75) is 6.54 Å². The van der Waals surface area contributed by atoms with Gasteiger partial charge in [0.1, 0.15) is 0 Å². The highest BCUT2D eigenvalue weighted by Crippen LogP contribution is 2.20. The summed E-state index contributed by atoms with van der Waals surface area (Å²) in [6, 6.07) is 4.99. The number of methoxy groups -OCH3 is 1. The van der Waals surface area contributed by atoms with E-state index in [1.165, 1.54) is 11.8 Å². The molecule has 4 nitrogen and oxygen atoms in total. The highest BCUT2D eigenvalue weighted by Gasteiger charge is 2.09. The molecule has 83 valence electrons. The zero-order chi connectivity index (χ0) is 11.5. The average Bonchev–Trinajstić information content (AvgIpc) is 2.67. The van der Waals surface area contributed by atoms with Gasteiger partial charge in [-0.05, 0) is 13.0 Å². The van der Waals surface area contributed by atoms with Crippen LogP contribution in [0.25, 0.3) is 0 Å². The summed E-state index contributed by atoms with van der Waals surface area (Å²) in [5.41, 5.74) is 1.06. The van der Waals surface area contributed by atoms with Gasteiger partial charge in [-0.1, -0.05) is 17.3 Å². The Labute approximate surface area is 92.7 Å². The van der Waals surface area contributed by atoms with E-state index in [4.69, 9.17) is 4.74 Å². The molecule has 0 unspecified atom stereocenters. The molecule has 0 amide bonds.